The molecule has 6 nitrogen and oxygen atoms in total. The molecule has 2 atom stereocenters. The van der Waals surface area contributed by atoms with Crippen LogP contribution in [0.3, 0.4) is 0 Å². The van der Waals surface area contributed by atoms with Gasteiger partial charge in [0, 0.05) is 22.2 Å². The largest absolute Gasteiger partial charge is 0.486 e. The van der Waals surface area contributed by atoms with Crippen LogP contribution in [0, 0.1) is 0 Å². The van der Waals surface area contributed by atoms with Gasteiger partial charge in [-0.05, 0) is 24.3 Å². The fourth-order valence-corrected chi connectivity index (χ4v) is 2.68. The van der Waals surface area contributed by atoms with Crippen molar-refractivity contribution in [2.75, 3.05) is 26.4 Å². The van der Waals surface area contributed by atoms with Crippen molar-refractivity contribution in [1.29, 1.82) is 0 Å². The number of rotatable bonds is 2. The summed E-state index contributed by atoms with van der Waals surface area (Å²) in [5, 5.41) is 18.9. The molecular formula is C18H18Cl2O6. The highest BCUT2D eigenvalue weighted by Crippen LogP contribution is 2.34. The third-order valence-corrected chi connectivity index (χ3v) is 4.13. The van der Waals surface area contributed by atoms with E-state index in [1.54, 1.807) is 36.4 Å². The van der Waals surface area contributed by atoms with Crippen LogP contribution in [0.5, 0.6) is 23.0 Å². The van der Waals surface area contributed by atoms with Crippen LogP contribution < -0.4 is 18.9 Å². The van der Waals surface area contributed by atoms with Crippen LogP contribution >= 0.6 is 23.2 Å². The van der Waals surface area contributed by atoms with Crippen molar-refractivity contribution in [2.24, 2.45) is 0 Å². The molecule has 2 aliphatic heterocycles. The molecule has 0 amide bonds. The van der Waals surface area contributed by atoms with Gasteiger partial charge in [0.15, 0.2) is 35.2 Å². The third kappa shape index (κ3) is 4.65. The van der Waals surface area contributed by atoms with Crippen LogP contribution in [0.2, 0.25) is 10.0 Å². The van der Waals surface area contributed by atoms with E-state index < -0.39 is 0 Å². The molecule has 2 aromatic carbocycles. The van der Waals surface area contributed by atoms with Crippen molar-refractivity contribution in [3.05, 3.63) is 46.4 Å². The molecule has 8 heteroatoms. The molecule has 0 bridgehead atoms. The Morgan fingerprint density at radius 1 is 0.731 bits per heavy atom. The quantitative estimate of drug-likeness (QED) is 0.806. The van der Waals surface area contributed by atoms with Crippen molar-refractivity contribution in [3.8, 4) is 23.0 Å². The van der Waals surface area contributed by atoms with Crippen LogP contribution in [-0.2, 0) is 0 Å². The Hall–Kier alpha value is -1.86. The van der Waals surface area contributed by atoms with Crippen molar-refractivity contribution < 1.29 is 29.2 Å². The maximum absolute atomic E-state index is 8.85. The summed E-state index contributed by atoms with van der Waals surface area (Å²) < 4.78 is 21.5. The van der Waals surface area contributed by atoms with Gasteiger partial charge in [0.05, 0.1) is 13.2 Å². The maximum Gasteiger partial charge on any atom is 0.163 e. The smallest absolute Gasteiger partial charge is 0.163 e. The second-order valence-electron chi connectivity index (χ2n) is 5.65. The van der Waals surface area contributed by atoms with E-state index in [1.165, 1.54) is 0 Å². The van der Waals surface area contributed by atoms with Crippen LogP contribution in [0.4, 0.5) is 0 Å². The van der Waals surface area contributed by atoms with Crippen molar-refractivity contribution in [2.45, 2.75) is 12.2 Å². The van der Waals surface area contributed by atoms with Gasteiger partial charge in [0.25, 0.3) is 0 Å². The predicted octanol–water partition coefficient (Wildman–Crippen LogP) is 2.94. The molecule has 0 aromatic heterocycles. The number of halogens is 2. The lowest BCUT2D eigenvalue weighted by Gasteiger charge is -2.25. The number of hydrogen-bond donors (Lipinski definition) is 2. The summed E-state index contributed by atoms with van der Waals surface area (Å²) in [5.41, 5.74) is 0. The Morgan fingerprint density at radius 2 is 1.23 bits per heavy atom. The van der Waals surface area contributed by atoms with Gasteiger partial charge in [-0.15, -0.1) is 0 Å². The molecule has 140 valence electrons. The predicted molar refractivity (Wildman–Crippen MR) is 96.9 cm³/mol. The first kappa shape index (κ1) is 18.9. The SMILES string of the molecule is OCC1COc2cc(Cl)ccc2O1.OCC1COc2ccc(Cl)cc2O1. The van der Waals surface area contributed by atoms with Crippen LogP contribution in [-0.4, -0.2) is 48.8 Å². The molecule has 2 N–H and O–H groups in total. The van der Waals surface area contributed by atoms with E-state index in [-0.39, 0.29) is 25.4 Å². The van der Waals surface area contributed by atoms with Crippen molar-refractivity contribution in [3.63, 3.8) is 0 Å². The average Bonchev–Trinajstić information content (AvgIpc) is 2.67. The summed E-state index contributed by atoms with van der Waals surface area (Å²) in [5.74, 6) is 2.54. The minimum absolute atomic E-state index is 0.0396. The summed E-state index contributed by atoms with van der Waals surface area (Å²) in [6.45, 7) is 0.656. The summed E-state index contributed by atoms with van der Waals surface area (Å²) in [4.78, 5) is 0. The summed E-state index contributed by atoms with van der Waals surface area (Å²) in [7, 11) is 0. The highest BCUT2D eigenvalue weighted by molar-refractivity contribution is 6.31. The number of hydrogen-bond acceptors (Lipinski definition) is 6. The highest BCUT2D eigenvalue weighted by Gasteiger charge is 2.20. The lowest BCUT2D eigenvalue weighted by Crippen LogP contribution is -2.32. The average molecular weight is 401 g/mol. The third-order valence-electron chi connectivity index (χ3n) is 3.66. The van der Waals surface area contributed by atoms with Crippen molar-refractivity contribution >= 4 is 23.2 Å². The second kappa shape index (κ2) is 8.68. The molecule has 26 heavy (non-hydrogen) atoms. The number of ether oxygens (including phenoxy) is 4. The second-order valence-corrected chi connectivity index (χ2v) is 6.52. The summed E-state index contributed by atoms with van der Waals surface area (Å²) >= 11 is 11.5. The molecule has 0 saturated heterocycles. The number of aliphatic hydroxyl groups excluding tert-OH is 2. The van der Waals surface area contributed by atoms with Gasteiger partial charge >= 0.3 is 0 Å². The molecule has 2 aromatic rings. The topological polar surface area (TPSA) is 77.4 Å². The van der Waals surface area contributed by atoms with Gasteiger partial charge in [-0.1, -0.05) is 23.2 Å². The lowest BCUT2D eigenvalue weighted by atomic mass is 10.3. The number of fused-ring (bicyclic) bond motifs is 2. The lowest BCUT2D eigenvalue weighted by molar-refractivity contribution is 0.0456. The zero-order valence-corrected chi connectivity index (χ0v) is 15.2. The van der Waals surface area contributed by atoms with Gasteiger partial charge in [-0.3, -0.25) is 0 Å². The standard InChI is InChI=1S/2C9H9ClO3/c10-6-1-2-8-9(3-6)12-5-7(4-11)13-8;10-6-1-2-8-9(3-6)13-7(4-11)5-12-8/h2*1-3,7,11H,4-5H2. The monoisotopic (exact) mass is 400 g/mol. The Balaban J connectivity index is 0.000000151. The van der Waals surface area contributed by atoms with Gasteiger partial charge in [0.2, 0.25) is 0 Å². The Bertz CT molecular complexity index is 754. The van der Waals surface area contributed by atoms with E-state index >= 15 is 0 Å². The minimum atomic E-state index is -0.286. The van der Waals surface area contributed by atoms with E-state index in [0.29, 0.717) is 46.3 Å². The molecule has 4 rings (SSSR count). The molecule has 0 radical (unpaired) electrons. The fourth-order valence-electron chi connectivity index (χ4n) is 2.36. The zero-order chi connectivity index (χ0) is 18.5. The van der Waals surface area contributed by atoms with E-state index in [0.717, 1.165) is 0 Å². The Kier molecular flexibility index (Phi) is 6.32. The van der Waals surface area contributed by atoms with E-state index in [1.807, 2.05) is 0 Å². The number of benzene rings is 2. The zero-order valence-electron chi connectivity index (χ0n) is 13.7. The normalized spacial score (nSPS) is 20.0. The Morgan fingerprint density at radius 3 is 1.85 bits per heavy atom. The van der Waals surface area contributed by atoms with Gasteiger partial charge in [0.1, 0.15) is 13.2 Å². The molecule has 2 aliphatic rings. The van der Waals surface area contributed by atoms with Gasteiger partial charge in [-0.2, -0.15) is 0 Å². The molecule has 0 spiro atoms. The van der Waals surface area contributed by atoms with Crippen LogP contribution in [0.25, 0.3) is 0 Å². The fraction of sp³-hybridized carbons (Fsp3) is 0.333. The summed E-state index contributed by atoms with van der Waals surface area (Å²) in [6.07, 6.45) is -0.556. The first-order valence-corrected chi connectivity index (χ1v) is 8.74. The minimum Gasteiger partial charge on any atom is -0.486 e. The molecule has 0 fully saturated rings. The molecular weight excluding hydrogens is 383 g/mol. The van der Waals surface area contributed by atoms with Crippen molar-refractivity contribution in [1.82, 2.24) is 0 Å². The van der Waals surface area contributed by atoms with Gasteiger partial charge < -0.3 is 29.2 Å². The van der Waals surface area contributed by atoms with Crippen LogP contribution in [0.15, 0.2) is 36.4 Å². The van der Waals surface area contributed by atoms with E-state index in [4.69, 9.17) is 52.4 Å². The molecule has 2 heterocycles. The first-order valence-electron chi connectivity index (χ1n) is 7.98. The highest BCUT2D eigenvalue weighted by atomic mass is 35.5. The molecule has 0 saturated carbocycles. The van der Waals surface area contributed by atoms with Gasteiger partial charge in [-0.25, -0.2) is 0 Å². The first-order chi connectivity index (χ1) is 12.6. The number of aliphatic hydroxyl groups is 2. The maximum atomic E-state index is 8.85. The van der Waals surface area contributed by atoms with E-state index in [2.05, 4.69) is 0 Å². The van der Waals surface area contributed by atoms with Crippen LogP contribution in [0.1, 0.15) is 0 Å². The van der Waals surface area contributed by atoms with E-state index in [9.17, 15) is 0 Å². The molecule has 0 aliphatic carbocycles. The summed E-state index contributed by atoms with van der Waals surface area (Å²) in [6, 6.07) is 10.3. The molecule has 2 unspecified atom stereocenters. The Labute approximate surface area is 160 Å².